The van der Waals surface area contributed by atoms with Gasteiger partial charge in [-0.05, 0) is 89.0 Å². The molecule has 5 aromatic carbocycles. The number of thiazole rings is 1. The minimum atomic E-state index is 0.559. The molecule has 0 fully saturated rings. The Kier molecular flexibility index (Phi) is 5.39. The van der Waals surface area contributed by atoms with Crippen molar-refractivity contribution >= 4 is 43.5 Å². The summed E-state index contributed by atoms with van der Waals surface area (Å²) in [6.07, 6.45) is 0. The average molecular weight is 529 g/mol. The summed E-state index contributed by atoms with van der Waals surface area (Å²) in [5.41, 5.74) is 8.89. The van der Waals surface area contributed by atoms with Crippen LogP contribution in [0.5, 0.6) is 0 Å². The lowest BCUT2D eigenvalue weighted by atomic mass is 9.97. The number of aromatic nitrogens is 1. The molecule has 0 bridgehead atoms. The highest BCUT2D eigenvalue weighted by molar-refractivity contribution is 7.21. The van der Waals surface area contributed by atoms with Crippen LogP contribution in [0, 0.1) is 34.0 Å². The number of hydrogen-bond donors (Lipinski definition) is 0. The zero-order chi connectivity index (χ0) is 27.2. The number of hydrogen-bond acceptors (Lipinski definition) is 6. The minimum absolute atomic E-state index is 0.559. The van der Waals surface area contributed by atoms with Gasteiger partial charge in [-0.3, -0.25) is 0 Å². The Bertz CT molecular complexity index is 2250. The maximum Gasteiger partial charge on any atom is 0.136 e. The van der Waals surface area contributed by atoms with Crippen LogP contribution in [-0.4, -0.2) is 4.98 Å². The lowest BCUT2D eigenvalue weighted by Gasteiger charge is -2.08. The van der Waals surface area contributed by atoms with Gasteiger partial charge in [0.05, 0.1) is 45.1 Å². The number of benzene rings is 5. The van der Waals surface area contributed by atoms with E-state index in [0.29, 0.717) is 22.3 Å². The largest absolute Gasteiger partial charge is 0.456 e. The van der Waals surface area contributed by atoms with Crippen LogP contribution in [0.1, 0.15) is 16.7 Å². The minimum Gasteiger partial charge on any atom is -0.456 e. The molecule has 40 heavy (non-hydrogen) atoms. The lowest BCUT2D eigenvalue weighted by Crippen LogP contribution is -1.86. The Morgan fingerprint density at radius 2 is 1.12 bits per heavy atom. The van der Waals surface area contributed by atoms with Crippen LogP contribution < -0.4 is 0 Å². The normalized spacial score (nSPS) is 10.9. The van der Waals surface area contributed by atoms with Crippen molar-refractivity contribution in [2.24, 2.45) is 0 Å². The molecule has 0 spiro atoms. The van der Waals surface area contributed by atoms with Gasteiger partial charge in [-0.25, -0.2) is 4.98 Å². The van der Waals surface area contributed by atoms with Crippen LogP contribution >= 0.6 is 11.3 Å². The van der Waals surface area contributed by atoms with E-state index >= 15 is 0 Å². The van der Waals surface area contributed by atoms with Crippen LogP contribution in [0.25, 0.3) is 65.0 Å². The predicted octanol–water partition coefficient (Wildman–Crippen LogP) is 8.81. The molecule has 0 saturated carbocycles. The molecule has 0 amide bonds. The fourth-order valence-electron chi connectivity index (χ4n) is 4.98. The van der Waals surface area contributed by atoms with Gasteiger partial charge in [0.2, 0.25) is 0 Å². The molecule has 0 saturated heterocycles. The molecule has 184 valence electrons. The Balaban J connectivity index is 1.24. The molecule has 0 atom stereocenters. The SMILES string of the molecule is N#Cc1cc(-c2ccc(-c3ccc4c(c3)oc3cc(C#N)ccc34)cc2)cc(-c2nc3ccc(C#N)cc3s2)c1. The van der Waals surface area contributed by atoms with Crippen LogP contribution in [0.2, 0.25) is 0 Å². The van der Waals surface area contributed by atoms with Gasteiger partial charge in [-0.2, -0.15) is 15.8 Å². The summed E-state index contributed by atoms with van der Waals surface area (Å²) in [4.78, 5) is 4.75. The standard InChI is InChI=1S/C34H16N4OS/c35-17-20-1-8-28-29-9-7-25(16-32(29)39-31(28)13-20)23-3-5-24(6-4-23)26-11-22(19-37)12-27(15-26)34-38-30-10-2-21(18-36)14-33(30)40-34/h1-16H. The summed E-state index contributed by atoms with van der Waals surface area (Å²) in [6.45, 7) is 0. The van der Waals surface area contributed by atoms with E-state index in [1.807, 2.05) is 36.4 Å². The highest BCUT2D eigenvalue weighted by Crippen LogP contribution is 2.36. The van der Waals surface area contributed by atoms with E-state index in [4.69, 9.17) is 9.40 Å². The van der Waals surface area contributed by atoms with Crippen molar-refractivity contribution < 1.29 is 4.42 Å². The highest BCUT2D eigenvalue weighted by atomic mass is 32.1. The summed E-state index contributed by atoms with van der Waals surface area (Å²) in [6, 6.07) is 37.7. The number of furan rings is 1. The molecule has 0 aliphatic carbocycles. The molecule has 6 heteroatoms. The van der Waals surface area contributed by atoms with Gasteiger partial charge in [0, 0.05) is 16.3 Å². The van der Waals surface area contributed by atoms with Crippen LogP contribution in [0.15, 0.2) is 101 Å². The van der Waals surface area contributed by atoms with E-state index in [1.165, 1.54) is 11.3 Å². The molecular weight excluding hydrogens is 512 g/mol. The van der Waals surface area contributed by atoms with E-state index in [0.717, 1.165) is 59.4 Å². The quantitative estimate of drug-likeness (QED) is 0.228. The molecule has 0 aliphatic heterocycles. The smallest absolute Gasteiger partial charge is 0.136 e. The molecule has 2 heterocycles. The lowest BCUT2D eigenvalue weighted by molar-refractivity contribution is 0.669. The number of rotatable bonds is 3. The van der Waals surface area contributed by atoms with Gasteiger partial charge in [-0.15, -0.1) is 11.3 Å². The van der Waals surface area contributed by atoms with Crippen molar-refractivity contribution in [2.75, 3.05) is 0 Å². The molecule has 7 aromatic rings. The Morgan fingerprint density at radius 1 is 0.525 bits per heavy atom. The molecule has 0 N–H and O–H groups in total. The Morgan fingerprint density at radius 3 is 1.88 bits per heavy atom. The third-order valence-corrected chi connectivity index (χ3v) is 8.05. The first kappa shape index (κ1) is 23.4. The van der Waals surface area contributed by atoms with E-state index in [1.54, 1.807) is 18.2 Å². The third-order valence-electron chi connectivity index (χ3n) is 6.98. The molecule has 0 radical (unpaired) electrons. The van der Waals surface area contributed by atoms with Crippen molar-refractivity contribution in [3.8, 4) is 51.0 Å². The van der Waals surface area contributed by atoms with Crippen molar-refractivity contribution in [2.45, 2.75) is 0 Å². The van der Waals surface area contributed by atoms with Gasteiger partial charge in [0.15, 0.2) is 0 Å². The third kappa shape index (κ3) is 3.96. The second kappa shape index (κ2) is 9.22. The second-order valence-corrected chi connectivity index (χ2v) is 10.5. The van der Waals surface area contributed by atoms with E-state index in [9.17, 15) is 15.8 Å². The maximum absolute atomic E-state index is 9.72. The molecule has 2 aromatic heterocycles. The first-order valence-corrected chi connectivity index (χ1v) is 13.3. The summed E-state index contributed by atoms with van der Waals surface area (Å²) in [5, 5.41) is 31.0. The Hall–Kier alpha value is -5.74. The summed E-state index contributed by atoms with van der Waals surface area (Å²) in [5.74, 6) is 0. The highest BCUT2D eigenvalue weighted by Gasteiger charge is 2.12. The van der Waals surface area contributed by atoms with Gasteiger partial charge >= 0.3 is 0 Å². The topological polar surface area (TPSA) is 97.4 Å². The zero-order valence-electron chi connectivity index (χ0n) is 20.8. The van der Waals surface area contributed by atoms with Crippen molar-refractivity contribution in [1.29, 1.82) is 15.8 Å². The van der Waals surface area contributed by atoms with Gasteiger partial charge in [0.1, 0.15) is 16.2 Å². The van der Waals surface area contributed by atoms with Crippen molar-refractivity contribution in [1.82, 2.24) is 4.98 Å². The molecule has 5 nitrogen and oxygen atoms in total. The molecule has 0 unspecified atom stereocenters. The monoisotopic (exact) mass is 528 g/mol. The van der Waals surface area contributed by atoms with E-state index in [2.05, 4.69) is 60.7 Å². The maximum atomic E-state index is 9.72. The first-order valence-electron chi connectivity index (χ1n) is 12.5. The fraction of sp³-hybridized carbons (Fsp3) is 0. The zero-order valence-corrected chi connectivity index (χ0v) is 21.7. The molecular formula is C34H16N4OS. The van der Waals surface area contributed by atoms with Crippen LogP contribution in [0.3, 0.4) is 0 Å². The summed E-state index contributed by atoms with van der Waals surface area (Å²) < 4.78 is 7.00. The van der Waals surface area contributed by atoms with Crippen molar-refractivity contribution in [3.05, 3.63) is 114 Å². The second-order valence-electron chi connectivity index (χ2n) is 9.44. The predicted molar refractivity (Wildman–Crippen MR) is 157 cm³/mol. The molecule has 7 rings (SSSR count). The van der Waals surface area contributed by atoms with E-state index < -0.39 is 0 Å². The summed E-state index contributed by atoms with van der Waals surface area (Å²) >= 11 is 1.51. The summed E-state index contributed by atoms with van der Waals surface area (Å²) in [7, 11) is 0. The number of nitrogens with zero attached hydrogens (tertiary/aromatic N) is 4. The first-order chi connectivity index (χ1) is 19.6. The number of fused-ring (bicyclic) bond motifs is 4. The number of nitriles is 3. The van der Waals surface area contributed by atoms with Gasteiger partial charge in [0.25, 0.3) is 0 Å². The van der Waals surface area contributed by atoms with Gasteiger partial charge < -0.3 is 4.42 Å². The van der Waals surface area contributed by atoms with Crippen molar-refractivity contribution in [3.63, 3.8) is 0 Å². The van der Waals surface area contributed by atoms with Crippen LogP contribution in [0.4, 0.5) is 0 Å². The molecule has 0 aliphatic rings. The Labute approximate surface area is 233 Å². The van der Waals surface area contributed by atoms with Crippen LogP contribution in [-0.2, 0) is 0 Å². The van der Waals surface area contributed by atoms with E-state index in [-0.39, 0.29) is 0 Å². The fourth-order valence-corrected chi connectivity index (χ4v) is 5.97. The van der Waals surface area contributed by atoms with Gasteiger partial charge in [-0.1, -0.05) is 30.3 Å². The average Bonchev–Trinajstić information content (AvgIpc) is 3.61.